The fourth-order valence-electron chi connectivity index (χ4n) is 10.7. The summed E-state index contributed by atoms with van der Waals surface area (Å²) in [6, 6.07) is 0. The molecule has 6 saturated carbocycles. The van der Waals surface area contributed by atoms with Gasteiger partial charge in [0.05, 0.1) is 0 Å². The first kappa shape index (κ1) is 18.7. The molecule has 1 unspecified atom stereocenters. The van der Waals surface area contributed by atoms with Gasteiger partial charge < -0.3 is 0 Å². The summed E-state index contributed by atoms with van der Waals surface area (Å²) in [5, 5.41) is 0. The van der Waals surface area contributed by atoms with Crippen molar-refractivity contribution in [2.75, 3.05) is 0 Å². The van der Waals surface area contributed by atoms with Crippen LogP contribution in [0.15, 0.2) is 0 Å². The average molecular weight is 383 g/mol. The van der Waals surface area contributed by atoms with Gasteiger partial charge in [0.2, 0.25) is 0 Å². The van der Waals surface area contributed by atoms with Crippen molar-refractivity contribution in [3.05, 3.63) is 0 Å². The van der Waals surface area contributed by atoms with Gasteiger partial charge in [0.25, 0.3) is 0 Å². The molecule has 9 atom stereocenters. The molecule has 0 aromatic heterocycles. The summed E-state index contributed by atoms with van der Waals surface area (Å²) in [4.78, 5) is 0. The largest absolute Gasteiger partial charge is 0.0530 e. The van der Waals surface area contributed by atoms with E-state index >= 15 is 0 Å². The predicted octanol–water partition coefficient (Wildman–Crippen LogP) is 8.25. The molecule has 0 aliphatic heterocycles. The first-order chi connectivity index (χ1) is 13.9. The first-order valence-corrected chi connectivity index (χ1v) is 13.9. The molecule has 6 fully saturated rings. The number of rotatable bonds is 1. The molecule has 0 saturated heterocycles. The topological polar surface area (TPSA) is 0 Å². The molecule has 0 spiro atoms. The minimum absolute atomic E-state index is 1.14. The highest BCUT2D eigenvalue weighted by Gasteiger charge is 2.55. The highest BCUT2D eigenvalue weighted by molar-refractivity contribution is 5.04. The lowest BCUT2D eigenvalue weighted by atomic mass is 9.44. The Balaban J connectivity index is 1.38. The molecular formula is C28H46. The predicted molar refractivity (Wildman–Crippen MR) is 118 cm³/mol. The van der Waals surface area contributed by atoms with Gasteiger partial charge in [0.1, 0.15) is 0 Å². The molecule has 0 aromatic rings. The summed E-state index contributed by atoms with van der Waals surface area (Å²) < 4.78 is 0. The first-order valence-electron chi connectivity index (χ1n) is 13.9. The Morgan fingerprint density at radius 1 is 0.286 bits per heavy atom. The second-order valence-corrected chi connectivity index (χ2v) is 12.5. The van der Waals surface area contributed by atoms with Gasteiger partial charge in [-0.05, 0) is 97.7 Å². The number of hydrogen-bond acceptors (Lipinski definition) is 0. The van der Waals surface area contributed by atoms with Crippen molar-refractivity contribution < 1.29 is 0 Å². The SMILES string of the molecule is C1CC[C@@H]2C(C3[C@H]4CCCC[C@@H]4C[C@H]4CCCC[C@@H]34)[C@H]3CCCC[C@H]3C[C@@H]2C1. The van der Waals surface area contributed by atoms with E-state index in [0.717, 1.165) is 47.3 Å². The summed E-state index contributed by atoms with van der Waals surface area (Å²) >= 11 is 0. The normalized spacial score (nSPS) is 54.0. The van der Waals surface area contributed by atoms with Crippen molar-refractivity contribution in [2.24, 2.45) is 59.2 Å². The Morgan fingerprint density at radius 3 is 0.821 bits per heavy atom. The quantitative estimate of drug-likeness (QED) is 0.428. The Kier molecular flexibility index (Phi) is 5.30. The van der Waals surface area contributed by atoms with E-state index in [1.54, 1.807) is 116 Å². The van der Waals surface area contributed by atoms with Gasteiger partial charge in [-0.1, -0.05) is 77.0 Å². The van der Waals surface area contributed by atoms with E-state index < -0.39 is 0 Å². The highest BCUT2D eigenvalue weighted by atomic mass is 14.6. The number of hydrogen-bond donors (Lipinski definition) is 0. The zero-order valence-electron chi connectivity index (χ0n) is 18.5. The van der Waals surface area contributed by atoms with Gasteiger partial charge in [-0.3, -0.25) is 0 Å². The van der Waals surface area contributed by atoms with Crippen LogP contribution >= 0.6 is 0 Å². The second-order valence-electron chi connectivity index (χ2n) is 12.5. The maximum absolute atomic E-state index is 1.65. The van der Waals surface area contributed by atoms with Crippen LogP contribution in [0.25, 0.3) is 0 Å². The minimum Gasteiger partial charge on any atom is -0.0530 e. The lowest BCUT2D eigenvalue weighted by Gasteiger charge is -2.61. The zero-order chi connectivity index (χ0) is 18.5. The molecule has 0 radical (unpaired) electrons. The van der Waals surface area contributed by atoms with Crippen LogP contribution in [0.3, 0.4) is 0 Å². The molecule has 0 aromatic carbocycles. The Bertz CT molecular complexity index is 444. The monoisotopic (exact) mass is 382 g/mol. The number of fused-ring (bicyclic) bond motifs is 4. The molecular weight excluding hydrogens is 336 g/mol. The van der Waals surface area contributed by atoms with E-state index in [0.29, 0.717) is 0 Å². The smallest absolute Gasteiger partial charge is 0.0318 e. The van der Waals surface area contributed by atoms with Crippen LogP contribution in [0, 0.1) is 59.2 Å². The highest BCUT2D eigenvalue weighted by Crippen LogP contribution is 2.63. The van der Waals surface area contributed by atoms with E-state index in [9.17, 15) is 0 Å². The fraction of sp³-hybridized carbons (Fsp3) is 1.00. The zero-order valence-corrected chi connectivity index (χ0v) is 18.5. The van der Waals surface area contributed by atoms with Crippen LogP contribution < -0.4 is 0 Å². The molecule has 0 N–H and O–H groups in total. The van der Waals surface area contributed by atoms with Gasteiger partial charge >= 0.3 is 0 Å². The Morgan fingerprint density at radius 2 is 0.536 bits per heavy atom. The molecule has 28 heavy (non-hydrogen) atoms. The maximum atomic E-state index is 1.65. The second kappa shape index (κ2) is 7.92. The average Bonchev–Trinajstić information content (AvgIpc) is 2.76. The van der Waals surface area contributed by atoms with E-state index in [1.165, 1.54) is 11.8 Å². The molecule has 0 heterocycles. The molecule has 158 valence electrons. The molecule has 0 amide bonds. The van der Waals surface area contributed by atoms with Crippen LogP contribution in [-0.4, -0.2) is 0 Å². The molecule has 0 bridgehead atoms. The molecule has 6 aliphatic carbocycles. The molecule has 6 aliphatic rings. The Labute approximate surface area is 175 Å². The van der Waals surface area contributed by atoms with Crippen molar-refractivity contribution in [1.29, 1.82) is 0 Å². The van der Waals surface area contributed by atoms with E-state index in [-0.39, 0.29) is 0 Å². The fourth-order valence-corrected chi connectivity index (χ4v) is 10.7. The summed E-state index contributed by atoms with van der Waals surface area (Å²) in [6.07, 6.45) is 28.8. The molecule has 0 nitrogen and oxygen atoms in total. The summed E-state index contributed by atoms with van der Waals surface area (Å²) in [7, 11) is 0. The van der Waals surface area contributed by atoms with Gasteiger partial charge in [0.15, 0.2) is 0 Å². The van der Waals surface area contributed by atoms with Gasteiger partial charge in [-0.15, -0.1) is 0 Å². The molecule has 6 rings (SSSR count). The van der Waals surface area contributed by atoms with Crippen molar-refractivity contribution in [1.82, 2.24) is 0 Å². The minimum atomic E-state index is 1.14. The van der Waals surface area contributed by atoms with Crippen LogP contribution in [0.5, 0.6) is 0 Å². The third-order valence-corrected chi connectivity index (χ3v) is 11.5. The standard InChI is InChI=1S/C28H46/c1-5-13-23-19(9-1)17-20-10-2-6-14-24(20)27(23)28-25-15-7-3-11-21(25)18-22-12-4-8-16-26(22)28/h19-28H,1-18H2/t19-,20-,21+,22+,23-,24-,25-,26+,28?/m0/s1. The van der Waals surface area contributed by atoms with Crippen molar-refractivity contribution in [2.45, 2.75) is 116 Å². The third kappa shape index (κ3) is 3.13. The summed E-state index contributed by atoms with van der Waals surface area (Å²) in [6.45, 7) is 0. The molecule has 0 heteroatoms. The van der Waals surface area contributed by atoms with Crippen molar-refractivity contribution >= 4 is 0 Å². The summed E-state index contributed by atoms with van der Waals surface area (Å²) in [5.74, 6) is 11.5. The maximum Gasteiger partial charge on any atom is -0.0318 e. The van der Waals surface area contributed by atoms with Crippen molar-refractivity contribution in [3.63, 3.8) is 0 Å². The van der Waals surface area contributed by atoms with Gasteiger partial charge in [-0.25, -0.2) is 0 Å². The third-order valence-electron chi connectivity index (χ3n) is 11.5. The lowest BCUT2D eigenvalue weighted by molar-refractivity contribution is -0.120. The lowest BCUT2D eigenvalue weighted by Crippen LogP contribution is -2.54. The van der Waals surface area contributed by atoms with E-state index in [4.69, 9.17) is 0 Å². The van der Waals surface area contributed by atoms with E-state index in [2.05, 4.69) is 0 Å². The van der Waals surface area contributed by atoms with Crippen molar-refractivity contribution in [3.8, 4) is 0 Å². The summed E-state index contributed by atoms with van der Waals surface area (Å²) in [5.41, 5.74) is 0. The van der Waals surface area contributed by atoms with Crippen LogP contribution in [0.2, 0.25) is 0 Å². The van der Waals surface area contributed by atoms with Crippen LogP contribution in [-0.2, 0) is 0 Å². The van der Waals surface area contributed by atoms with Crippen LogP contribution in [0.1, 0.15) is 116 Å². The van der Waals surface area contributed by atoms with E-state index in [1.807, 2.05) is 0 Å². The Hall–Kier alpha value is 0. The van der Waals surface area contributed by atoms with Gasteiger partial charge in [-0.2, -0.15) is 0 Å². The van der Waals surface area contributed by atoms with Crippen LogP contribution in [0.4, 0.5) is 0 Å². The van der Waals surface area contributed by atoms with Gasteiger partial charge in [0, 0.05) is 0 Å².